The fraction of sp³-hybridized carbons (Fsp3) is 0.375. The van der Waals surface area contributed by atoms with Gasteiger partial charge in [0.1, 0.15) is 12.4 Å². The molecule has 0 aliphatic heterocycles. The second-order valence-electron chi connectivity index (χ2n) is 9.46. The Bertz CT molecular complexity index is 1120. The van der Waals surface area contributed by atoms with E-state index in [0.29, 0.717) is 30.6 Å². The van der Waals surface area contributed by atoms with Crippen LogP contribution in [0.2, 0.25) is 0 Å². The van der Waals surface area contributed by atoms with Gasteiger partial charge in [-0.3, -0.25) is 0 Å². The first-order valence-electron chi connectivity index (χ1n) is 13.0. The fourth-order valence-electron chi connectivity index (χ4n) is 5.01. The highest BCUT2D eigenvalue weighted by Crippen LogP contribution is 2.37. The standard InChI is InChI=1S/C32H37FO2/c1-4-6-23-7-9-27(10-8-23)30-18-17-28(21-31(30)33)25-12-14-26(15-13-25)29-16-11-24(5-2)32(22-29)35-20-19-34-3/h7-10,12-15,17-18,21-22,24,29H,4-6,11,16,19-20H2,1-3H3. The van der Waals surface area contributed by atoms with Gasteiger partial charge in [0.2, 0.25) is 0 Å². The Morgan fingerprint density at radius 3 is 2.20 bits per heavy atom. The number of ether oxygens (including phenoxy) is 2. The highest BCUT2D eigenvalue weighted by molar-refractivity contribution is 5.71. The van der Waals surface area contributed by atoms with Gasteiger partial charge < -0.3 is 9.47 Å². The van der Waals surface area contributed by atoms with Crippen molar-refractivity contribution >= 4 is 0 Å². The highest BCUT2D eigenvalue weighted by atomic mass is 19.1. The largest absolute Gasteiger partial charge is 0.496 e. The van der Waals surface area contributed by atoms with Gasteiger partial charge in [0.05, 0.1) is 12.4 Å². The van der Waals surface area contributed by atoms with Gasteiger partial charge in [0.25, 0.3) is 0 Å². The molecule has 2 unspecified atom stereocenters. The Balaban J connectivity index is 1.49. The molecule has 0 aromatic heterocycles. The molecule has 0 spiro atoms. The normalized spacial score (nSPS) is 17.8. The van der Waals surface area contributed by atoms with Crippen molar-refractivity contribution in [3.05, 3.63) is 95.5 Å². The maximum Gasteiger partial charge on any atom is 0.131 e. The van der Waals surface area contributed by atoms with E-state index in [0.717, 1.165) is 54.6 Å². The van der Waals surface area contributed by atoms with Gasteiger partial charge in [0.15, 0.2) is 0 Å². The van der Waals surface area contributed by atoms with E-state index < -0.39 is 0 Å². The lowest BCUT2D eigenvalue weighted by Crippen LogP contribution is -2.16. The molecule has 2 atom stereocenters. The molecule has 184 valence electrons. The molecule has 3 aromatic carbocycles. The Kier molecular flexibility index (Phi) is 8.76. The van der Waals surface area contributed by atoms with E-state index >= 15 is 4.39 Å². The van der Waals surface area contributed by atoms with Crippen LogP contribution in [0.25, 0.3) is 22.3 Å². The number of benzene rings is 3. The van der Waals surface area contributed by atoms with Crippen LogP contribution in [-0.2, 0) is 15.9 Å². The molecular weight excluding hydrogens is 435 g/mol. The molecule has 35 heavy (non-hydrogen) atoms. The minimum atomic E-state index is -0.187. The molecule has 2 nitrogen and oxygen atoms in total. The average molecular weight is 473 g/mol. The third kappa shape index (κ3) is 6.21. The highest BCUT2D eigenvalue weighted by Gasteiger charge is 2.24. The molecule has 0 saturated heterocycles. The molecule has 0 bridgehead atoms. The van der Waals surface area contributed by atoms with Crippen LogP contribution in [0.5, 0.6) is 0 Å². The quantitative estimate of drug-likeness (QED) is 0.275. The van der Waals surface area contributed by atoms with E-state index in [2.05, 4.69) is 56.3 Å². The molecule has 0 heterocycles. The van der Waals surface area contributed by atoms with Crippen LogP contribution in [0.4, 0.5) is 4.39 Å². The number of rotatable bonds is 10. The topological polar surface area (TPSA) is 18.5 Å². The number of allylic oxidation sites excluding steroid dienone is 2. The van der Waals surface area contributed by atoms with Crippen LogP contribution >= 0.6 is 0 Å². The zero-order valence-corrected chi connectivity index (χ0v) is 21.2. The van der Waals surface area contributed by atoms with Gasteiger partial charge in [-0.25, -0.2) is 4.39 Å². The molecule has 3 aromatic rings. The Morgan fingerprint density at radius 2 is 1.54 bits per heavy atom. The first-order valence-corrected chi connectivity index (χ1v) is 13.0. The van der Waals surface area contributed by atoms with E-state index in [1.165, 1.54) is 11.1 Å². The summed E-state index contributed by atoms with van der Waals surface area (Å²) in [6, 6.07) is 22.4. The van der Waals surface area contributed by atoms with Crippen molar-refractivity contribution in [2.45, 2.75) is 51.9 Å². The number of methoxy groups -OCH3 is 1. The average Bonchev–Trinajstić information content (AvgIpc) is 2.89. The van der Waals surface area contributed by atoms with Crippen molar-refractivity contribution in [1.29, 1.82) is 0 Å². The lowest BCUT2D eigenvalue weighted by Gasteiger charge is -2.28. The molecule has 1 aliphatic rings. The maximum absolute atomic E-state index is 15.1. The molecule has 0 saturated carbocycles. The van der Waals surface area contributed by atoms with Crippen molar-refractivity contribution in [2.24, 2.45) is 5.92 Å². The van der Waals surface area contributed by atoms with Gasteiger partial charge in [-0.2, -0.15) is 0 Å². The lowest BCUT2D eigenvalue weighted by atomic mass is 9.82. The van der Waals surface area contributed by atoms with Crippen LogP contribution in [0.3, 0.4) is 0 Å². The third-order valence-corrected chi connectivity index (χ3v) is 7.09. The number of hydrogen-bond donors (Lipinski definition) is 0. The fourth-order valence-corrected chi connectivity index (χ4v) is 5.01. The Labute approximate surface area is 209 Å². The van der Waals surface area contributed by atoms with Crippen molar-refractivity contribution in [1.82, 2.24) is 0 Å². The van der Waals surface area contributed by atoms with Gasteiger partial charge in [-0.15, -0.1) is 0 Å². The van der Waals surface area contributed by atoms with Crippen molar-refractivity contribution in [2.75, 3.05) is 20.3 Å². The molecule has 0 radical (unpaired) electrons. The number of halogens is 1. The first-order chi connectivity index (χ1) is 17.1. The van der Waals surface area contributed by atoms with Crippen LogP contribution in [0.15, 0.2) is 78.6 Å². The van der Waals surface area contributed by atoms with Gasteiger partial charge >= 0.3 is 0 Å². The van der Waals surface area contributed by atoms with Crippen molar-refractivity contribution in [3.63, 3.8) is 0 Å². The third-order valence-electron chi connectivity index (χ3n) is 7.09. The van der Waals surface area contributed by atoms with Crippen LogP contribution in [-0.4, -0.2) is 20.3 Å². The molecule has 0 fully saturated rings. The SMILES string of the molecule is CCCc1ccc(-c2ccc(-c3ccc(C4C=C(OCCOC)C(CC)CC4)cc3)cc2F)cc1. The molecule has 0 N–H and O–H groups in total. The Hall–Kier alpha value is -2.91. The Morgan fingerprint density at radius 1 is 0.829 bits per heavy atom. The van der Waals surface area contributed by atoms with Gasteiger partial charge in [-0.1, -0.05) is 80.9 Å². The van der Waals surface area contributed by atoms with E-state index in [-0.39, 0.29) is 5.82 Å². The van der Waals surface area contributed by atoms with Crippen LogP contribution in [0, 0.1) is 11.7 Å². The number of hydrogen-bond acceptors (Lipinski definition) is 2. The summed E-state index contributed by atoms with van der Waals surface area (Å²) in [5, 5.41) is 0. The predicted octanol–water partition coefficient (Wildman–Crippen LogP) is 8.56. The second-order valence-corrected chi connectivity index (χ2v) is 9.46. The molecule has 4 rings (SSSR count). The molecule has 1 aliphatic carbocycles. The molecule has 3 heteroatoms. The number of aryl methyl sites for hydroxylation is 1. The summed E-state index contributed by atoms with van der Waals surface area (Å²) in [5.74, 6) is 1.75. The summed E-state index contributed by atoms with van der Waals surface area (Å²) in [5.41, 5.74) is 6.06. The zero-order chi connectivity index (χ0) is 24.6. The maximum atomic E-state index is 15.1. The minimum absolute atomic E-state index is 0.187. The van der Waals surface area contributed by atoms with Crippen molar-refractivity contribution in [3.8, 4) is 22.3 Å². The van der Waals surface area contributed by atoms with E-state index in [1.807, 2.05) is 24.3 Å². The monoisotopic (exact) mass is 472 g/mol. The van der Waals surface area contributed by atoms with Gasteiger partial charge in [-0.05, 0) is 65.6 Å². The first kappa shape index (κ1) is 25.2. The predicted molar refractivity (Wildman–Crippen MR) is 143 cm³/mol. The summed E-state index contributed by atoms with van der Waals surface area (Å²) in [4.78, 5) is 0. The summed E-state index contributed by atoms with van der Waals surface area (Å²) in [6.45, 7) is 5.59. The second kappa shape index (κ2) is 12.2. The molecular formula is C32H37FO2. The van der Waals surface area contributed by atoms with Crippen LogP contribution in [0.1, 0.15) is 56.6 Å². The summed E-state index contributed by atoms with van der Waals surface area (Å²) >= 11 is 0. The lowest BCUT2D eigenvalue weighted by molar-refractivity contribution is 0.0904. The minimum Gasteiger partial charge on any atom is -0.496 e. The van der Waals surface area contributed by atoms with Crippen LogP contribution < -0.4 is 0 Å². The smallest absolute Gasteiger partial charge is 0.131 e. The van der Waals surface area contributed by atoms with E-state index in [1.54, 1.807) is 13.2 Å². The summed E-state index contributed by atoms with van der Waals surface area (Å²) in [6.07, 6.45) is 7.80. The van der Waals surface area contributed by atoms with Crippen molar-refractivity contribution < 1.29 is 13.9 Å². The van der Waals surface area contributed by atoms with E-state index in [4.69, 9.17) is 9.47 Å². The summed E-state index contributed by atoms with van der Waals surface area (Å²) in [7, 11) is 1.70. The van der Waals surface area contributed by atoms with Gasteiger partial charge in [0, 0.05) is 24.5 Å². The molecule has 0 amide bonds. The van der Waals surface area contributed by atoms with E-state index in [9.17, 15) is 0 Å². The zero-order valence-electron chi connectivity index (χ0n) is 21.2. The summed E-state index contributed by atoms with van der Waals surface area (Å²) < 4.78 is 26.2.